The number of carbonyl (C=O) groups excluding carboxylic acids is 2. The van der Waals surface area contributed by atoms with Crippen LogP contribution in [0.15, 0.2) is 36.5 Å². The summed E-state index contributed by atoms with van der Waals surface area (Å²) in [6, 6.07) is -0.540. The number of amides is 1. The molecule has 0 spiro atoms. The number of aliphatic hydroxyl groups is 2. The summed E-state index contributed by atoms with van der Waals surface area (Å²) in [5.74, 6) is -0.0111. The fourth-order valence-corrected chi connectivity index (χ4v) is 13.5. The van der Waals surface area contributed by atoms with Crippen LogP contribution in [0.3, 0.4) is 0 Å². The van der Waals surface area contributed by atoms with Gasteiger partial charge in [-0.3, -0.25) is 9.59 Å². The van der Waals surface area contributed by atoms with Crippen LogP contribution in [-0.2, 0) is 14.3 Å². The first-order valence-corrected chi connectivity index (χ1v) is 42.2. The summed E-state index contributed by atoms with van der Waals surface area (Å²) in [6.07, 6.45) is 107. The van der Waals surface area contributed by atoms with Crippen LogP contribution in [0.5, 0.6) is 0 Å². The van der Waals surface area contributed by atoms with Crippen molar-refractivity contribution in [2.75, 3.05) is 13.2 Å². The predicted octanol–water partition coefficient (Wildman–Crippen LogP) is 28.2. The lowest BCUT2D eigenvalue weighted by Crippen LogP contribution is -2.45. The van der Waals surface area contributed by atoms with Crippen molar-refractivity contribution >= 4 is 11.9 Å². The van der Waals surface area contributed by atoms with Gasteiger partial charge in [0.15, 0.2) is 0 Å². The standard InChI is InChI=1S/C86H165NO5/c1-3-5-7-9-11-13-15-17-19-21-22-40-43-47-50-54-58-62-66-70-74-78-84(89)83(82-88)87-85(90)79-75-71-67-63-59-55-51-48-44-41-38-36-34-32-30-28-26-24-23-25-27-29-31-33-35-37-39-42-45-49-53-57-61-65-69-73-77-81-92-86(91)80-76-72-68-64-60-56-52-46-20-18-16-14-12-10-8-6-4-2/h12,14,18,20,23,25,83-84,88-89H,3-11,13,15-17,19,21-22,24,26-82H2,1-2H3,(H,87,90)/b14-12-,20-18-,25-23-. The summed E-state index contributed by atoms with van der Waals surface area (Å²) in [5, 5.41) is 23.5. The van der Waals surface area contributed by atoms with Gasteiger partial charge >= 0.3 is 5.97 Å². The number of hydrogen-bond donors (Lipinski definition) is 3. The molecule has 3 N–H and O–H groups in total. The maximum atomic E-state index is 12.6. The van der Waals surface area contributed by atoms with Gasteiger partial charge in [0, 0.05) is 12.8 Å². The Hall–Kier alpha value is -1.92. The van der Waals surface area contributed by atoms with Gasteiger partial charge in [0.1, 0.15) is 0 Å². The Bertz CT molecular complexity index is 1490. The predicted molar refractivity (Wildman–Crippen MR) is 407 cm³/mol. The number of esters is 1. The highest BCUT2D eigenvalue weighted by atomic mass is 16.5. The molecule has 0 saturated heterocycles. The van der Waals surface area contributed by atoms with E-state index in [1.165, 1.54) is 392 Å². The Morgan fingerprint density at radius 2 is 0.543 bits per heavy atom. The number of carbonyl (C=O) groups is 2. The second-order valence-electron chi connectivity index (χ2n) is 29.2. The lowest BCUT2D eigenvalue weighted by atomic mass is 10.0. The largest absolute Gasteiger partial charge is 0.466 e. The molecule has 0 saturated carbocycles. The van der Waals surface area contributed by atoms with Gasteiger partial charge < -0.3 is 20.3 Å². The second kappa shape index (κ2) is 81.5. The zero-order valence-electron chi connectivity index (χ0n) is 62.6. The minimum absolute atomic E-state index is 0.0145. The normalized spacial score (nSPS) is 12.6. The average Bonchev–Trinajstić information content (AvgIpc) is 3.62. The third kappa shape index (κ3) is 77.1. The minimum Gasteiger partial charge on any atom is -0.466 e. The lowest BCUT2D eigenvalue weighted by molar-refractivity contribution is -0.143. The quantitative estimate of drug-likeness (QED) is 0.0320. The highest BCUT2D eigenvalue weighted by Crippen LogP contribution is 2.20. The summed E-state index contributed by atoms with van der Waals surface area (Å²) in [5.41, 5.74) is 0. The van der Waals surface area contributed by atoms with E-state index in [9.17, 15) is 19.8 Å². The first-order valence-electron chi connectivity index (χ1n) is 42.2. The van der Waals surface area contributed by atoms with Gasteiger partial charge in [-0.2, -0.15) is 0 Å². The van der Waals surface area contributed by atoms with E-state index in [2.05, 4.69) is 55.6 Å². The van der Waals surface area contributed by atoms with Crippen molar-refractivity contribution in [3.63, 3.8) is 0 Å². The molecule has 92 heavy (non-hydrogen) atoms. The van der Waals surface area contributed by atoms with Crippen LogP contribution in [0, 0.1) is 0 Å². The zero-order valence-corrected chi connectivity index (χ0v) is 62.6. The SMILES string of the molecule is CCCCC/C=C\C/C=C\CCCCCCCCCC(=O)OCCCCCCCCCCCCCCCCCC/C=C\CCCCCCCCCCCCCCCCCCCC(=O)NC(CO)C(O)CCCCCCCCCCCCCCCCCCCCCCC. The van der Waals surface area contributed by atoms with E-state index in [0.717, 1.165) is 51.4 Å². The molecule has 0 aromatic heterocycles. The van der Waals surface area contributed by atoms with E-state index in [-0.39, 0.29) is 18.5 Å². The number of hydrogen-bond acceptors (Lipinski definition) is 5. The topological polar surface area (TPSA) is 95.9 Å². The molecule has 0 aliphatic rings. The highest BCUT2D eigenvalue weighted by molar-refractivity contribution is 5.76. The summed E-state index contributed by atoms with van der Waals surface area (Å²) in [4.78, 5) is 24.7. The van der Waals surface area contributed by atoms with Crippen LogP contribution < -0.4 is 5.32 Å². The molecule has 1 amide bonds. The molecule has 0 aromatic carbocycles. The molecule has 2 unspecified atom stereocenters. The van der Waals surface area contributed by atoms with E-state index in [4.69, 9.17) is 4.74 Å². The van der Waals surface area contributed by atoms with Crippen molar-refractivity contribution in [3.8, 4) is 0 Å². The van der Waals surface area contributed by atoms with Crippen molar-refractivity contribution in [2.24, 2.45) is 0 Å². The molecule has 0 fully saturated rings. The van der Waals surface area contributed by atoms with Crippen molar-refractivity contribution in [2.45, 2.75) is 488 Å². The summed E-state index contributed by atoms with van der Waals surface area (Å²) in [6.45, 7) is 4.98. The molecule has 6 nitrogen and oxygen atoms in total. The van der Waals surface area contributed by atoms with Crippen LogP contribution in [-0.4, -0.2) is 47.4 Å². The molecule has 0 heterocycles. The Morgan fingerprint density at radius 1 is 0.304 bits per heavy atom. The number of rotatable bonds is 80. The van der Waals surface area contributed by atoms with Gasteiger partial charge in [0.25, 0.3) is 0 Å². The maximum Gasteiger partial charge on any atom is 0.305 e. The zero-order chi connectivity index (χ0) is 66.3. The molecule has 6 heteroatoms. The number of unbranched alkanes of at least 4 members (excludes halogenated alkanes) is 63. The van der Waals surface area contributed by atoms with E-state index < -0.39 is 12.1 Å². The molecular weight excluding hydrogens is 1130 g/mol. The number of allylic oxidation sites excluding steroid dienone is 6. The first-order chi connectivity index (χ1) is 45.5. The van der Waals surface area contributed by atoms with Crippen LogP contribution in [0.2, 0.25) is 0 Å². The van der Waals surface area contributed by atoms with Crippen LogP contribution >= 0.6 is 0 Å². The smallest absolute Gasteiger partial charge is 0.305 e. The molecule has 544 valence electrons. The van der Waals surface area contributed by atoms with Crippen LogP contribution in [0.25, 0.3) is 0 Å². The van der Waals surface area contributed by atoms with Crippen LogP contribution in [0.1, 0.15) is 476 Å². The first kappa shape index (κ1) is 90.1. The third-order valence-electron chi connectivity index (χ3n) is 19.9. The van der Waals surface area contributed by atoms with Crippen molar-refractivity contribution in [3.05, 3.63) is 36.5 Å². The van der Waals surface area contributed by atoms with Crippen molar-refractivity contribution in [1.82, 2.24) is 5.32 Å². The second-order valence-corrected chi connectivity index (χ2v) is 29.2. The van der Waals surface area contributed by atoms with Crippen molar-refractivity contribution < 1.29 is 24.5 Å². The summed E-state index contributed by atoms with van der Waals surface area (Å²) < 4.78 is 5.51. The average molecular weight is 1290 g/mol. The van der Waals surface area contributed by atoms with Gasteiger partial charge in [-0.25, -0.2) is 0 Å². The molecule has 0 bridgehead atoms. The molecule has 0 aliphatic carbocycles. The Morgan fingerprint density at radius 3 is 0.859 bits per heavy atom. The molecule has 2 atom stereocenters. The minimum atomic E-state index is -0.663. The highest BCUT2D eigenvalue weighted by Gasteiger charge is 2.20. The van der Waals surface area contributed by atoms with E-state index in [1.807, 2.05) is 0 Å². The number of nitrogens with one attached hydrogen (secondary N) is 1. The Labute approximate surface area is 576 Å². The van der Waals surface area contributed by atoms with Gasteiger partial charge in [0.2, 0.25) is 5.91 Å². The maximum absolute atomic E-state index is 12.6. The van der Waals surface area contributed by atoms with Crippen molar-refractivity contribution in [1.29, 1.82) is 0 Å². The van der Waals surface area contributed by atoms with E-state index >= 15 is 0 Å². The lowest BCUT2D eigenvalue weighted by Gasteiger charge is -2.22. The monoisotopic (exact) mass is 1290 g/mol. The van der Waals surface area contributed by atoms with Crippen LogP contribution in [0.4, 0.5) is 0 Å². The summed E-state index contributed by atoms with van der Waals surface area (Å²) in [7, 11) is 0. The number of aliphatic hydroxyl groups excluding tert-OH is 2. The fourth-order valence-electron chi connectivity index (χ4n) is 13.5. The van der Waals surface area contributed by atoms with Gasteiger partial charge in [-0.1, -0.05) is 416 Å². The van der Waals surface area contributed by atoms with E-state index in [1.54, 1.807) is 0 Å². The summed E-state index contributed by atoms with van der Waals surface area (Å²) >= 11 is 0. The molecule has 0 radical (unpaired) electrons. The molecule has 0 aromatic rings. The molecular formula is C86H165NO5. The Kier molecular flexibility index (Phi) is 79.8. The van der Waals surface area contributed by atoms with E-state index in [0.29, 0.717) is 25.9 Å². The third-order valence-corrected chi connectivity index (χ3v) is 19.9. The number of ether oxygens (including phenoxy) is 1. The van der Waals surface area contributed by atoms with Gasteiger partial charge in [-0.15, -0.1) is 0 Å². The van der Waals surface area contributed by atoms with Gasteiger partial charge in [0.05, 0.1) is 25.4 Å². The molecule has 0 rings (SSSR count). The molecule has 0 aliphatic heterocycles. The Balaban J connectivity index is 3.33. The van der Waals surface area contributed by atoms with Gasteiger partial charge in [-0.05, 0) is 83.5 Å². The fraction of sp³-hybridized carbons (Fsp3) is 0.907.